The van der Waals surface area contributed by atoms with Gasteiger partial charge in [-0.2, -0.15) is 0 Å². The van der Waals surface area contributed by atoms with Crippen molar-refractivity contribution in [1.29, 1.82) is 0 Å². The van der Waals surface area contributed by atoms with Crippen LogP contribution in [0, 0.1) is 20.2 Å². The van der Waals surface area contributed by atoms with Gasteiger partial charge in [-0.1, -0.05) is 19.3 Å². The van der Waals surface area contributed by atoms with Crippen molar-refractivity contribution in [3.05, 3.63) is 38.4 Å². The number of anilines is 1. The number of rotatable bonds is 4. The predicted molar refractivity (Wildman–Crippen MR) is 78.8 cm³/mol. The summed E-state index contributed by atoms with van der Waals surface area (Å²) in [6.45, 7) is 0. The summed E-state index contributed by atoms with van der Waals surface area (Å²) in [5.74, 6) is 0. The number of carbonyl (C=O) groups is 1. The molecule has 0 heterocycles. The first kappa shape index (κ1) is 15.7. The van der Waals surface area contributed by atoms with Gasteiger partial charge in [-0.05, 0) is 18.9 Å². The zero-order valence-corrected chi connectivity index (χ0v) is 11.8. The Labute approximate surface area is 126 Å². The fourth-order valence-electron chi connectivity index (χ4n) is 2.48. The van der Waals surface area contributed by atoms with Gasteiger partial charge in [0.15, 0.2) is 0 Å². The van der Waals surface area contributed by atoms with Crippen LogP contribution in [0.15, 0.2) is 18.2 Å². The molecule has 1 saturated carbocycles. The van der Waals surface area contributed by atoms with Gasteiger partial charge >= 0.3 is 6.03 Å². The average Bonchev–Trinajstić information content (AvgIpc) is 2.48. The molecule has 0 aliphatic heterocycles. The third kappa shape index (κ3) is 3.90. The molecule has 0 spiro atoms. The topological polar surface area (TPSA) is 127 Å². The molecular weight excluding hydrogens is 292 g/mol. The average molecular weight is 308 g/mol. The molecule has 0 bridgehead atoms. The Morgan fingerprint density at radius 2 is 1.77 bits per heavy atom. The van der Waals surface area contributed by atoms with Crippen molar-refractivity contribution in [3.8, 4) is 0 Å². The van der Waals surface area contributed by atoms with Crippen molar-refractivity contribution in [2.45, 2.75) is 38.1 Å². The number of amides is 2. The smallest absolute Gasteiger partial charge is 0.319 e. The number of hydrogen-bond acceptors (Lipinski definition) is 5. The highest BCUT2D eigenvalue weighted by Crippen LogP contribution is 2.29. The van der Waals surface area contributed by atoms with E-state index in [2.05, 4.69) is 10.6 Å². The molecule has 1 aromatic carbocycles. The van der Waals surface area contributed by atoms with Crippen LogP contribution >= 0.6 is 0 Å². The van der Waals surface area contributed by atoms with E-state index >= 15 is 0 Å². The molecule has 2 rings (SSSR count). The third-order valence-electron chi connectivity index (χ3n) is 3.58. The lowest BCUT2D eigenvalue weighted by molar-refractivity contribution is -0.393. The first-order valence-electron chi connectivity index (χ1n) is 6.97. The highest BCUT2D eigenvalue weighted by molar-refractivity contribution is 5.92. The second-order valence-corrected chi connectivity index (χ2v) is 5.15. The normalized spacial score (nSPS) is 15.1. The number of carbonyl (C=O) groups excluding carboxylic acids is 1. The predicted octanol–water partition coefficient (Wildman–Crippen LogP) is 2.96. The van der Waals surface area contributed by atoms with Gasteiger partial charge in [-0.15, -0.1) is 0 Å². The number of nitro groups is 2. The molecule has 0 saturated heterocycles. The van der Waals surface area contributed by atoms with Crippen LogP contribution in [0.25, 0.3) is 0 Å². The maximum atomic E-state index is 11.9. The Kier molecular flexibility index (Phi) is 4.87. The first-order valence-corrected chi connectivity index (χ1v) is 6.97. The molecule has 1 aliphatic rings. The van der Waals surface area contributed by atoms with Crippen LogP contribution in [0.3, 0.4) is 0 Å². The molecular formula is C13H16N4O5. The lowest BCUT2D eigenvalue weighted by atomic mass is 9.96. The SMILES string of the molecule is O=C(Nc1ccc([N+](=O)[O-])cc1[N+](=O)[O-])NC1CCCCC1. The van der Waals surface area contributed by atoms with Crippen molar-refractivity contribution < 1.29 is 14.6 Å². The summed E-state index contributed by atoms with van der Waals surface area (Å²) in [5, 5.41) is 26.8. The Hall–Kier alpha value is -2.71. The van der Waals surface area contributed by atoms with E-state index in [1.807, 2.05) is 0 Å². The first-order chi connectivity index (χ1) is 10.5. The van der Waals surface area contributed by atoms with Crippen LogP contribution in [0.4, 0.5) is 21.9 Å². The number of non-ortho nitro benzene ring substituents is 1. The minimum atomic E-state index is -0.761. The second-order valence-electron chi connectivity index (χ2n) is 5.15. The highest BCUT2D eigenvalue weighted by atomic mass is 16.6. The highest BCUT2D eigenvalue weighted by Gasteiger charge is 2.22. The third-order valence-corrected chi connectivity index (χ3v) is 3.58. The molecule has 0 radical (unpaired) electrons. The molecule has 9 nitrogen and oxygen atoms in total. The van der Waals surface area contributed by atoms with E-state index < -0.39 is 27.3 Å². The summed E-state index contributed by atoms with van der Waals surface area (Å²) in [6.07, 6.45) is 5.00. The van der Waals surface area contributed by atoms with E-state index in [0.29, 0.717) is 0 Å². The summed E-state index contributed by atoms with van der Waals surface area (Å²) in [7, 11) is 0. The van der Waals surface area contributed by atoms with Crippen molar-refractivity contribution in [3.63, 3.8) is 0 Å². The fraction of sp³-hybridized carbons (Fsp3) is 0.462. The van der Waals surface area contributed by atoms with E-state index in [0.717, 1.165) is 50.3 Å². The van der Waals surface area contributed by atoms with Gasteiger partial charge in [0.25, 0.3) is 11.4 Å². The number of benzene rings is 1. The van der Waals surface area contributed by atoms with E-state index in [4.69, 9.17) is 0 Å². The quantitative estimate of drug-likeness (QED) is 0.652. The van der Waals surface area contributed by atoms with Crippen LogP contribution in [-0.4, -0.2) is 21.9 Å². The Morgan fingerprint density at radius 1 is 1.09 bits per heavy atom. The van der Waals surface area contributed by atoms with E-state index in [-0.39, 0.29) is 11.7 Å². The molecule has 2 amide bonds. The monoisotopic (exact) mass is 308 g/mol. The van der Waals surface area contributed by atoms with Gasteiger partial charge in [0.05, 0.1) is 15.9 Å². The second kappa shape index (κ2) is 6.83. The minimum absolute atomic E-state index is 0.0610. The Balaban J connectivity index is 2.09. The van der Waals surface area contributed by atoms with Crippen molar-refractivity contribution in [2.24, 2.45) is 0 Å². The lowest BCUT2D eigenvalue weighted by Gasteiger charge is -2.22. The molecule has 118 valence electrons. The largest absolute Gasteiger partial charge is 0.335 e. The molecule has 0 aromatic heterocycles. The summed E-state index contributed by atoms with van der Waals surface area (Å²) in [6, 6.07) is 2.63. The van der Waals surface area contributed by atoms with Gasteiger partial charge in [-0.25, -0.2) is 4.79 Å². The van der Waals surface area contributed by atoms with Crippen molar-refractivity contribution >= 4 is 23.1 Å². The molecule has 1 fully saturated rings. The molecule has 1 aliphatic carbocycles. The fourth-order valence-corrected chi connectivity index (χ4v) is 2.48. The van der Waals surface area contributed by atoms with Gasteiger partial charge in [0.1, 0.15) is 5.69 Å². The van der Waals surface area contributed by atoms with Crippen LogP contribution in [0.5, 0.6) is 0 Å². The van der Waals surface area contributed by atoms with Crippen molar-refractivity contribution in [1.82, 2.24) is 5.32 Å². The van der Waals surface area contributed by atoms with Crippen LogP contribution in [0.1, 0.15) is 32.1 Å². The zero-order valence-electron chi connectivity index (χ0n) is 11.8. The van der Waals surface area contributed by atoms with E-state index in [1.54, 1.807) is 0 Å². The number of hydrogen-bond donors (Lipinski definition) is 2. The van der Waals surface area contributed by atoms with Gasteiger partial charge in [-0.3, -0.25) is 20.2 Å². The molecule has 1 aromatic rings. The van der Waals surface area contributed by atoms with E-state index in [9.17, 15) is 25.0 Å². The number of nitrogens with zero attached hydrogens (tertiary/aromatic N) is 2. The maximum absolute atomic E-state index is 11.9. The van der Waals surface area contributed by atoms with Crippen LogP contribution in [-0.2, 0) is 0 Å². The van der Waals surface area contributed by atoms with Crippen LogP contribution in [0.2, 0.25) is 0 Å². The molecule has 0 atom stereocenters. The van der Waals surface area contributed by atoms with Gasteiger partial charge in [0.2, 0.25) is 0 Å². The summed E-state index contributed by atoms with van der Waals surface area (Å²) < 4.78 is 0. The molecule has 2 N–H and O–H groups in total. The van der Waals surface area contributed by atoms with E-state index in [1.165, 1.54) is 0 Å². The van der Waals surface area contributed by atoms with Gasteiger partial charge < -0.3 is 10.6 Å². The zero-order chi connectivity index (χ0) is 16.1. The number of nitro benzene ring substituents is 2. The number of nitrogens with one attached hydrogen (secondary N) is 2. The van der Waals surface area contributed by atoms with Gasteiger partial charge in [0, 0.05) is 12.1 Å². The standard InChI is InChI=1S/C13H16N4O5/c18-13(14-9-4-2-1-3-5-9)15-11-7-6-10(16(19)20)8-12(11)17(21)22/h6-9H,1-5H2,(H2,14,15,18). The Bertz CT molecular complexity index is 598. The number of urea groups is 1. The summed E-state index contributed by atoms with van der Waals surface area (Å²) in [5.41, 5.74) is -0.971. The minimum Gasteiger partial charge on any atom is -0.335 e. The summed E-state index contributed by atoms with van der Waals surface area (Å²) >= 11 is 0. The molecule has 22 heavy (non-hydrogen) atoms. The Morgan fingerprint density at radius 3 is 2.36 bits per heavy atom. The molecule has 9 heteroatoms. The molecule has 0 unspecified atom stereocenters. The summed E-state index contributed by atoms with van der Waals surface area (Å²) in [4.78, 5) is 32.0. The maximum Gasteiger partial charge on any atom is 0.319 e. The van der Waals surface area contributed by atoms with Crippen molar-refractivity contribution in [2.75, 3.05) is 5.32 Å². The van der Waals surface area contributed by atoms with Crippen LogP contribution < -0.4 is 10.6 Å². The lowest BCUT2D eigenvalue weighted by Crippen LogP contribution is -2.39.